The molecule has 3 rings (SSSR count). The van der Waals surface area contributed by atoms with Gasteiger partial charge in [0.15, 0.2) is 11.5 Å². The summed E-state index contributed by atoms with van der Waals surface area (Å²) in [4.78, 5) is 41.1. The van der Waals surface area contributed by atoms with Crippen molar-refractivity contribution in [1.29, 1.82) is 5.41 Å². The SMILES string of the molecule is N=C1N=C2C(=NC(=O)N2[C@H]2C[C@H](O)[C@@H](COP(N)O)O2)C(=O)N1. The summed E-state index contributed by atoms with van der Waals surface area (Å²) in [7, 11) is -2.09. The van der Waals surface area contributed by atoms with Gasteiger partial charge in [-0.15, -0.1) is 0 Å². The third-order valence-electron chi connectivity index (χ3n) is 3.38. The Morgan fingerprint density at radius 3 is 2.96 bits per heavy atom. The summed E-state index contributed by atoms with van der Waals surface area (Å²) >= 11 is 0. The Kier molecular flexibility index (Phi) is 4.19. The molecule has 0 aromatic rings. The van der Waals surface area contributed by atoms with Crippen LogP contribution in [-0.4, -0.2) is 69.4 Å². The molecule has 0 radical (unpaired) electrons. The molecule has 124 valence electrons. The van der Waals surface area contributed by atoms with Gasteiger partial charge in [0.2, 0.25) is 14.5 Å². The largest absolute Gasteiger partial charge is 0.390 e. The Hall–Kier alpha value is -1.82. The van der Waals surface area contributed by atoms with Crippen molar-refractivity contribution in [2.24, 2.45) is 15.5 Å². The predicted molar refractivity (Wildman–Crippen MR) is 76.5 cm³/mol. The number of ether oxygens (including phenoxy) is 1. The first-order valence-corrected chi connectivity index (χ1v) is 7.76. The molecule has 3 amide bonds. The van der Waals surface area contributed by atoms with Crippen LogP contribution < -0.4 is 10.8 Å². The number of fused-ring (bicyclic) bond motifs is 1. The van der Waals surface area contributed by atoms with Gasteiger partial charge in [0, 0.05) is 6.42 Å². The van der Waals surface area contributed by atoms with Gasteiger partial charge in [-0.3, -0.25) is 21.0 Å². The van der Waals surface area contributed by atoms with Crippen LogP contribution in [0.1, 0.15) is 6.42 Å². The lowest BCUT2D eigenvalue weighted by Crippen LogP contribution is -2.50. The second-order valence-electron chi connectivity index (χ2n) is 4.88. The highest BCUT2D eigenvalue weighted by Crippen LogP contribution is 2.29. The monoisotopic (exact) mass is 344 g/mol. The van der Waals surface area contributed by atoms with E-state index in [-0.39, 0.29) is 24.6 Å². The van der Waals surface area contributed by atoms with Crippen molar-refractivity contribution in [3.05, 3.63) is 0 Å². The molecule has 12 nitrogen and oxygen atoms in total. The minimum atomic E-state index is -2.09. The van der Waals surface area contributed by atoms with E-state index in [0.29, 0.717) is 0 Å². The molecule has 0 aromatic carbocycles. The summed E-state index contributed by atoms with van der Waals surface area (Å²) in [6, 6.07) is -0.773. The molecule has 1 fully saturated rings. The van der Waals surface area contributed by atoms with Crippen LogP contribution in [0.15, 0.2) is 9.98 Å². The predicted octanol–water partition coefficient (Wildman–Crippen LogP) is -2.00. The van der Waals surface area contributed by atoms with Crippen LogP contribution in [-0.2, 0) is 14.1 Å². The minimum absolute atomic E-state index is 0.0322. The van der Waals surface area contributed by atoms with Gasteiger partial charge in [-0.05, 0) is 0 Å². The number of carbonyl (C=O) groups is 2. The molecule has 3 aliphatic rings. The average Bonchev–Trinajstić information content (AvgIpc) is 2.96. The van der Waals surface area contributed by atoms with Crippen LogP contribution in [0.3, 0.4) is 0 Å². The highest BCUT2D eigenvalue weighted by Gasteiger charge is 2.47. The van der Waals surface area contributed by atoms with E-state index in [9.17, 15) is 14.7 Å². The summed E-state index contributed by atoms with van der Waals surface area (Å²) < 4.78 is 10.3. The van der Waals surface area contributed by atoms with E-state index in [2.05, 4.69) is 15.3 Å². The first kappa shape index (κ1) is 16.1. The zero-order chi connectivity index (χ0) is 16.7. The lowest BCUT2D eigenvalue weighted by molar-refractivity contribution is -0.113. The average molecular weight is 344 g/mol. The van der Waals surface area contributed by atoms with Crippen LogP contribution >= 0.6 is 8.53 Å². The van der Waals surface area contributed by atoms with E-state index in [1.807, 2.05) is 0 Å². The lowest BCUT2D eigenvalue weighted by atomic mass is 10.2. The molecule has 3 aliphatic heterocycles. The fraction of sp³-hybridized carbons (Fsp3) is 0.500. The smallest absolute Gasteiger partial charge is 0.352 e. The first-order valence-electron chi connectivity index (χ1n) is 6.48. The van der Waals surface area contributed by atoms with Gasteiger partial charge in [0.1, 0.15) is 12.3 Å². The van der Waals surface area contributed by atoms with Gasteiger partial charge in [-0.1, -0.05) is 0 Å². The van der Waals surface area contributed by atoms with Gasteiger partial charge < -0.3 is 19.3 Å². The molecule has 3 heterocycles. The van der Waals surface area contributed by atoms with E-state index in [4.69, 9.17) is 25.1 Å². The number of urea groups is 1. The Bertz CT molecular complexity index is 635. The zero-order valence-corrected chi connectivity index (χ0v) is 12.4. The van der Waals surface area contributed by atoms with Gasteiger partial charge in [-0.2, -0.15) is 9.98 Å². The molecule has 23 heavy (non-hydrogen) atoms. The maximum atomic E-state index is 12.0. The second kappa shape index (κ2) is 6.00. The number of amidine groups is 1. The van der Waals surface area contributed by atoms with E-state index in [0.717, 1.165) is 4.90 Å². The number of hydrogen-bond acceptors (Lipinski definition) is 8. The third-order valence-corrected chi connectivity index (χ3v) is 3.80. The van der Waals surface area contributed by atoms with E-state index < -0.39 is 44.9 Å². The number of amides is 3. The normalized spacial score (nSPS) is 31.7. The first-order chi connectivity index (χ1) is 10.9. The van der Waals surface area contributed by atoms with Gasteiger partial charge in [0.05, 0.1) is 12.7 Å². The molecule has 1 saturated heterocycles. The zero-order valence-electron chi connectivity index (χ0n) is 11.5. The Morgan fingerprint density at radius 2 is 2.26 bits per heavy atom. The van der Waals surface area contributed by atoms with Crippen molar-refractivity contribution in [2.75, 3.05) is 6.61 Å². The molecule has 0 bridgehead atoms. The number of rotatable bonds is 4. The highest BCUT2D eigenvalue weighted by molar-refractivity contribution is 7.43. The van der Waals surface area contributed by atoms with Crippen molar-refractivity contribution in [3.63, 3.8) is 0 Å². The van der Waals surface area contributed by atoms with Crippen LogP contribution in [0.5, 0.6) is 0 Å². The van der Waals surface area contributed by atoms with Crippen LogP contribution in [0.4, 0.5) is 4.79 Å². The van der Waals surface area contributed by atoms with Gasteiger partial charge >= 0.3 is 6.03 Å². The number of nitrogens with zero attached hydrogens (tertiary/aromatic N) is 3. The van der Waals surface area contributed by atoms with Crippen molar-refractivity contribution >= 4 is 38.0 Å². The molecule has 0 aliphatic carbocycles. The summed E-state index contributed by atoms with van der Waals surface area (Å²) in [5.74, 6) is -1.22. The van der Waals surface area contributed by atoms with E-state index >= 15 is 0 Å². The topological polar surface area (TPSA) is 183 Å². The molecule has 13 heteroatoms. The number of aliphatic hydroxyl groups is 1. The summed E-state index contributed by atoms with van der Waals surface area (Å²) in [5.41, 5.74) is 4.90. The molecule has 0 spiro atoms. The number of nitrogens with one attached hydrogen (secondary N) is 2. The Morgan fingerprint density at radius 1 is 1.52 bits per heavy atom. The van der Waals surface area contributed by atoms with Crippen molar-refractivity contribution in [2.45, 2.75) is 24.9 Å². The van der Waals surface area contributed by atoms with Crippen LogP contribution in [0.2, 0.25) is 0 Å². The Labute approximate surface area is 130 Å². The molecular weight excluding hydrogens is 331 g/mol. The van der Waals surface area contributed by atoms with Crippen molar-refractivity contribution < 1.29 is 28.8 Å². The van der Waals surface area contributed by atoms with Gasteiger partial charge in [0.25, 0.3) is 5.91 Å². The minimum Gasteiger partial charge on any atom is -0.390 e. The summed E-state index contributed by atoms with van der Waals surface area (Å²) in [6.45, 7) is -0.158. The van der Waals surface area contributed by atoms with E-state index in [1.54, 1.807) is 0 Å². The quantitative estimate of drug-likeness (QED) is 0.365. The van der Waals surface area contributed by atoms with E-state index in [1.165, 1.54) is 0 Å². The molecule has 1 unspecified atom stereocenters. The van der Waals surface area contributed by atoms with Crippen LogP contribution in [0, 0.1) is 5.41 Å². The lowest BCUT2D eigenvalue weighted by Gasteiger charge is -2.24. The fourth-order valence-corrected chi connectivity index (χ4v) is 2.70. The maximum absolute atomic E-state index is 12.0. The standard InChI is InChI=1S/C10H13N6O6P/c11-9-14-7-6(8(18)15-9)13-10(19)16(7)5-1-3(17)4(22-5)2-21-23(12)20/h3-5,17,20H,1-2,12H2,(H2,11,15,18)/t3-,4+,5+,23?/m0/s1. The number of carbonyl (C=O) groups excluding carboxylic acids is 2. The summed E-state index contributed by atoms with van der Waals surface area (Å²) in [6.07, 6.45) is -2.67. The number of aliphatic hydroxyl groups excluding tert-OH is 1. The Balaban J connectivity index is 1.76. The molecule has 6 N–H and O–H groups in total. The van der Waals surface area contributed by atoms with Crippen LogP contribution in [0.25, 0.3) is 0 Å². The number of aliphatic imine (C=N–C) groups is 2. The maximum Gasteiger partial charge on any atom is 0.352 e. The fourth-order valence-electron chi connectivity index (χ4n) is 2.40. The number of guanidine groups is 1. The third kappa shape index (κ3) is 3.00. The molecular formula is C10H13N6O6P. The number of hydrogen-bond donors (Lipinski definition) is 5. The number of nitrogens with two attached hydrogens (primary N) is 1. The van der Waals surface area contributed by atoms with Gasteiger partial charge in [-0.25, -0.2) is 9.69 Å². The highest BCUT2D eigenvalue weighted by atomic mass is 31.2. The van der Waals surface area contributed by atoms with Crippen molar-refractivity contribution in [1.82, 2.24) is 10.2 Å². The molecule has 0 aromatic heterocycles. The molecule has 4 atom stereocenters. The molecule has 0 saturated carbocycles. The van der Waals surface area contributed by atoms with Crippen molar-refractivity contribution in [3.8, 4) is 0 Å². The second-order valence-corrected chi connectivity index (χ2v) is 5.74. The summed E-state index contributed by atoms with van der Waals surface area (Å²) in [5, 5.41) is 19.5.